The third-order valence-corrected chi connectivity index (χ3v) is 2.55. The molecule has 0 fully saturated rings. The summed E-state index contributed by atoms with van der Waals surface area (Å²) in [6.07, 6.45) is 1.64. The molecule has 2 aromatic rings. The van der Waals surface area contributed by atoms with E-state index in [1.807, 2.05) is 18.2 Å². The molecule has 1 heterocycles. The van der Waals surface area contributed by atoms with Crippen LogP contribution in [0.4, 0.5) is 0 Å². The van der Waals surface area contributed by atoms with Crippen molar-refractivity contribution in [2.24, 2.45) is 5.73 Å². The lowest BCUT2D eigenvalue weighted by atomic mass is 10.2. The third-order valence-electron chi connectivity index (χ3n) is 1.88. The van der Waals surface area contributed by atoms with E-state index in [1.54, 1.807) is 6.20 Å². The first kappa shape index (κ1) is 10.7. The Balaban J connectivity index is 2.44. The topological polar surface area (TPSA) is 52.0 Å². The van der Waals surface area contributed by atoms with Crippen LogP contribution in [0.3, 0.4) is 0 Å². The molecule has 0 aliphatic rings. The highest BCUT2D eigenvalue weighted by Gasteiger charge is 2.06. The molecule has 0 atom stereocenters. The van der Waals surface area contributed by atoms with Crippen LogP contribution >= 0.6 is 27.5 Å². The van der Waals surface area contributed by atoms with Crippen molar-refractivity contribution in [3.63, 3.8) is 0 Å². The van der Waals surface area contributed by atoms with Gasteiger partial charge in [-0.1, -0.05) is 27.5 Å². The second kappa shape index (κ2) is 4.35. The Morgan fingerprint density at radius 3 is 2.80 bits per heavy atom. The highest BCUT2D eigenvalue weighted by molar-refractivity contribution is 9.10. The molecule has 5 heteroatoms. The molecule has 2 N–H and O–H groups in total. The van der Waals surface area contributed by atoms with Crippen molar-refractivity contribution < 1.29 is 4.42 Å². The summed E-state index contributed by atoms with van der Waals surface area (Å²) < 4.78 is 6.31. The monoisotopic (exact) mass is 286 g/mol. The van der Waals surface area contributed by atoms with Gasteiger partial charge in [0.2, 0.25) is 5.89 Å². The first-order valence-electron chi connectivity index (χ1n) is 4.30. The lowest BCUT2D eigenvalue weighted by Gasteiger charge is -1.98. The first-order valence-corrected chi connectivity index (χ1v) is 5.47. The zero-order chi connectivity index (χ0) is 10.8. The van der Waals surface area contributed by atoms with E-state index in [0.717, 1.165) is 10.0 Å². The van der Waals surface area contributed by atoms with Gasteiger partial charge in [-0.3, -0.25) is 0 Å². The molecule has 0 aliphatic heterocycles. The Morgan fingerprint density at radius 2 is 2.20 bits per heavy atom. The maximum atomic E-state index is 5.92. The minimum Gasteiger partial charge on any atom is -0.439 e. The van der Waals surface area contributed by atoms with Gasteiger partial charge in [0.1, 0.15) is 0 Å². The van der Waals surface area contributed by atoms with Gasteiger partial charge < -0.3 is 10.2 Å². The number of hydrogen-bond donors (Lipinski definition) is 1. The molecule has 1 aromatic heterocycles. The fraction of sp³-hybridized carbons (Fsp3) is 0.100. The number of benzene rings is 1. The molecule has 0 radical (unpaired) electrons. The number of halogens is 2. The molecule has 0 unspecified atom stereocenters. The Morgan fingerprint density at radius 1 is 1.40 bits per heavy atom. The summed E-state index contributed by atoms with van der Waals surface area (Å²) in [6.45, 7) is 0.293. The van der Waals surface area contributed by atoms with Gasteiger partial charge in [0.25, 0.3) is 0 Å². The number of nitrogens with zero attached hydrogens (tertiary/aromatic N) is 1. The third kappa shape index (κ3) is 2.40. The minimum absolute atomic E-state index is 0.293. The van der Waals surface area contributed by atoms with E-state index in [-0.39, 0.29) is 0 Å². The van der Waals surface area contributed by atoms with Crippen molar-refractivity contribution in [3.05, 3.63) is 39.8 Å². The molecule has 0 aliphatic carbocycles. The zero-order valence-corrected chi connectivity index (χ0v) is 10.0. The summed E-state index contributed by atoms with van der Waals surface area (Å²) in [5.41, 5.74) is 6.29. The molecule has 3 nitrogen and oxygen atoms in total. The van der Waals surface area contributed by atoms with Crippen LogP contribution in [0.1, 0.15) is 5.89 Å². The normalized spacial score (nSPS) is 10.6. The lowest BCUT2D eigenvalue weighted by Crippen LogP contribution is -1.94. The SMILES string of the molecule is NCc1ncc(-c2cc(Cl)cc(Br)c2)o1. The highest BCUT2D eigenvalue weighted by atomic mass is 79.9. The summed E-state index contributed by atoms with van der Waals surface area (Å²) in [5, 5.41) is 0.644. The molecule has 78 valence electrons. The number of aromatic nitrogens is 1. The molecule has 0 saturated heterocycles. The molecular formula is C10H8BrClN2O. The van der Waals surface area contributed by atoms with Crippen molar-refractivity contribution in [2.45, 2.75) is 6.54 Å². The molecule has 1 aromatic carbocycles. The Kier molecular flexibility index (Phi) is 3.09. The predicted octanol–water partition coefficient (Wildman–Crippen LogP) is 3.22. The van der Waals surface area contributed by atoms with Crippen LogP contribution in [-0.4, -0.2) is 4.98 Å². The van der Waals surface area contributed by atoms with E-state index < -0.39 is 0 Å². The molecular weight excluding hydrogens is 279 g/mol. The van der Waals surface area contributed by atoms with Gasteiger partial charge in [0.15, 0.2) is 5.76 Å². The predicted molar refractivity (Wildman–Crippen MR) is 62.5 cm³/mol. The van der Waals surface area contributed by atoms with Crippen LogP contribution in [0.15, 0.2) is 33.3 Å². The summed E-state index contributed by atoms with van der Waals surface area (Å²) in [6, 6.07) is 5.53. The summed E-state index contributed by atoms with van der Waals surface area (Å²) in [7, 11) is 0. The number of nitrogens with two attached hydrogens (primary N) is 1. The smallest absolute Gasteiger partial charge is 0.208 e. The van der Waals surface area contributed by atoms with Crippen LogP contribution < -0.4 is 5.73 Å². The van der Waals surface area contributed by atoms with Gasteiger partial charge in [0, 0.05) is 15.1 Å². The Labute approximate surface area is 100 Å². The second-order valence-corrected chi connectivity index (χ2v) is 4.33. The largest absolute Gasteiger partial charge is 0.439 e. The average molecular weight is 288 g/mol. The van der Waals surface area contributed by atoms with Crippen molar-refractivity contribution in [3.8, 4) is 11.3 Å². The van der Waals surface area contributed by atoms with Crippen molar-refractivity contribution in [1.29, 1.82) is 0 Å². The van der Waals surface area contributed by atoms with Gasteiger partial charge in [-0.05, 0) is 18.2 Å². The van der Waals surface area contributed by atoms with Gasteiger partial charge in [0.05, 0.1) is 12.7 Å². The van der Waals surface area contributed by atoms with Gasteiger partial charge in [-0.2, -0.15) is 0 Å². The quantitative estimate of drug-likeness (QED) is 0.922. The van der Waals surface area contributed by atoms with Crippen molar-refractivity contribution in [2.75, 3.05) is 0 Å². The molecule has 0 amide bonds. The maximum absolute atomic E-state index is 5.92. The fourth-order valence-electron chi connectivity index (χ4n) is 1.23. The minimum atomic E-state index is 0.293. The van der Waals surface area contributed by atoms with Crippen molar-refractivity contribution >= 4 is 27.5 Å². The molecule has 0 bridgehead atoms. The Bertz CT molecular complexity index is 464. The van der Waals surface area contributed by atoms with E-state index >= 15 is 0 Å². The van der Waals surface area contributed by atoms with E-state index in [0.29, 0.717) is 23.2 Å². The van der Waals surface area contributed by atoms with E-state index in [2.05, 4.69) is 20.9 Å². The van der Waals surface area contributed by atoms with Crippen LogP contribution in [0.2, 0.25) is 5.02 Å². The number of hydrogen-bond acceptors (Lipinski definition) is 3. The highest BCUT2D eigenvalue weighted by Crippen LogP contribution is 2.27. The van der Waals surface area contributed by atoms with E-state index in [9.17, 15) is 0 Å². The second-order valence-electron chi connectivity index (χ2n) is 2.98. The van der Waals surface area contributed by atoms with Crippen LogP contribution in [0, 0.1) is 0 Å². The molecule has 0 saturated carbocycles. The number of rotatable bonds is 2. The summed E-state index contributed by atoms with van der Waals surface area (Å²) in [4.78, 5) is 4.02. The summed E-state index contributed by atoms with van der Waals surface area (Å²) >= 11 is 9.29. The van der Waals surface area contributed by atoms with Crippen LogP contribution in [0.25, 0.3) is 11.3 Å². The fourth-order valence-corrected chi connectivity index (χ4v) is 2.09. The lowest BCUT2D eigenvalue weighted by molar-refractivity contribution is 0.509. The average Bonchev–Trinajstić information content (AvgIpc) is 2.64. The molecule has 2 rings (SSSR count). The first-order chi connectivity index (χ1) is 7.19. The van der Waals surface area contributed by atoms with E-state index in [4.69, 9.17) is 21.8 Å². The van der Waals surface area contributed by atoms with Crippen LogP contribution in [-0.2, 0) is 6.54 Å². The van der Waals surface area contributed by atoms with Gasteiger partial charge in [-0.15, -0.1) is 0 Å². The standard InChI is InChI=1S/C10H8BrClN2O/c11-7-1-6(2-8(12)3-7)9-5-14-10(4-13)15-9/h1-3,5H,4,13H2. The molecule has 15 heavy (non-hydrogen) atoms. The van der Waals surface area contributed by atoms with Gasteiger partial charge >= 0.3 is 0 Å². The van der Waals surface area contributed by atoms with E-state index in [1.165, 1.54) is 0 Å². The van der Waals surface area contributed by atoms with Crippen molar-refractivity contribution in [1.82, 2.24) is 4.98 Å². The number of oxazole rings is 1. The summed E-state index contributed by atoms with van der Waals surface area (Å²) in [5.74, 6) is 1.18. The van der Waals surface area contributed by atoms with Crippen LogP contribution in [0.5, 0.6) is 0 Å². The maximum Gasteiger partial charge on any atom is 0.208 e. The molecule has 0 spiro atoms. The zero-order valence-electron chi connectivity index (χ0n) is 7.71. The van der Waals surface area contributed by atoms with Gasteiger partial charge in [-0.25, -0.2) is 4.98 Å². The Hall–Kier alpha value is -0.840.